The van der Waals surface area contributed by atoms with Gasteiger partial charge < -0.3 is 24.2 Å². The number of carbonyl (C=O) groups excluding carboxylic acids is 3. The van der Waals surface area contributed by atoms with E-state index in [4.69, 9.17) is 13.6 Å². The molecule has 0 saturated heterocycles. The highest BCUT2D eigenvalue weighted by atomic mass is 32.1. The zero-order valence-corrected chi connectivity index (χ0v) is 15.1. The first-order valence-corrected chi connectivity index (χ1v) is 8.76. The largest absolute Gasteiger partial charge is 0.467 e. The summed E-state index contributed by atoms with van der Waals surface area (Å²) in [6, 6.07) is 8.23. The van der Waals surface area contributed by atoms with E-state index in [1.54, 1.807) is 31.2 Å². The molecule has 3 aromatic rings. The maximum Gasteiger partial charge on any atom is 0.349 e. The van der Waals surface area contributed by atoms with Crippen LogP contribution in [0.4, 0.5) is 5.00 Å². The highest BCUT2D eigenvalue weighted by Gasteiger charge is 2.18. The number of rotatable bonds is 7. The maximum absolute atomic E-state index is 12.2. The molecule has 0 aliphatic carbocycles. The first-order valence-electron chi connectivity index (χ1n) is 7.94. The van der Waals surface area contributed by atoms with Crippen LogP contribution in [-0.2, 0) is 16.1 Å². The molecule has 0 bridgehead atoms. The van der Waals surface area contributed by atoms with Crippen molar-refractivity contribution in [3.8, 4) is 0 Å². The minimum Gasteiger partial charge on any atom is -0.467 e. The third-order valence-electron chi connectivity index (χ3n) is 3.46. The number of thiophene rings is 1. The molecule has 2 amide bonds. The van der Waals surface area contributed by atoms with E-state index in [0.717, 1.165) is 11.3 Å². The number of nitrogens with one attached hydrogen (secondary N) is 2. The van der Waals surface area contributed by atoms with Crippen molar-refractivity contribution in [1.82, 2.24) is 5.32 Å². The van der Waals surface area contributed by atoms with E-state index in [-0.39, 0.29) is 12.3 Å². The van der Waals surface area contributed by atoms with Crippen molar-refractivity contribution in [3.63, 3.8) is 0 Å². The van der Waals surface area contributed by atoms with Crippen LogP contribution in [0, 0.1) is 6.92 Å². The second kappa shape index (κ2) is 8.37. The predicted molar refractivity (Wildman–Crippen MR) is 96.6 cm³/mol. The van der Waals surface area contributed by atoms with Gasteiger partial charge in [0.2, 0.25) is 0 Å². The van der Waals surface area contributed by atoms with Gasteiger partial charge >= 0.3 is 5.97 Å². The summed E-state index contributed by atoms with van der Waals surface area (Å²) in [5.41, 5.74) is 0.635. The lowest BCUT2D eigenvalue weighted by atomic mass is 10.3. The number of hydrogen-bond donors (Lipinski definition) is 2. The van der Waals surface area contributed by atoms with Crippen LogP contribution < -0.4 is 10.6 Å². The average molecular weight is 388 g/mol. The number of esters is 1. The van der Waals surface area contributed by atoms with Crippen LogP contribution in [0.3, 0.4) is 0 Å². The van der Waals surface area contributed by atoms with Gasteiger partial charge in [-0.3, -0.25) is 9.59 Å². The molecule has 0 aliphatic rings. The number of aryl methyl sites for hydroxylation is 1. The van der Waals surface area contributed by atoms with Crippen molar-refractivity contribution in [3.05, 3.63) is 64.8 Å². The highest BCUT2D eigenvalue weighted by Crippen LogP contribution is 2.27. The van der Waals surface area contributed by atoms with Crippen molar-refractivity contribution in [1.29, 1.82) is 0 Å². The highest BCUT2D eigenvalue weighted by molar-refractivity contribution is 7.18. The molecule has 27 heavy (non-hydrogen) atoms. The fourth-order valence-corrected chi connectivity index (χ4v) is 3.14. The van der Waals surface area contributed by atoms with E-state index in [2.05, 4.69) is 10.6 Å². The molecular formula is C18H16N2O6S. The van der Waals surface area contributed by atoms with Crippen molar-refractivity contribution >= 4 is 34.1 Å². The Bertz CT molecular complexity index is 927. The second-order valence-corrected chi connectivity index (χ2v) is 6.54. The fourth-order valence-electron chi connectivity index (χ4n) is 2.17. The van der Waals surface area contributed by atoms with E-state index < -0.39 is 24.4 Å². The lowest BCUT2D eigenvalue weighted by Gasteiger charge is -2.05. The Morgan fingerprint density at radius 1 is 1.15 bits per heavy atom. The Labute approximate surface area is 158 Å². The fraction of sp³-hybridized carbons (Fsp3) is 0.167. The van der Waals surface area contributed by atoms with Gasteiger partial charge in [0, 0.05) is 0 Å². The number of carbonyl (C=O) groups is 3. The molecule has 9 heteroatoms. The molecule has 0 saturated carbocycles. The topological polar surface area (TPSA) is 111 Å². The summed E-state index contributed by atoms with van der Waals surface area (Å²) in [4.78, 5) is 36.2. The molecule has 140 valence electrons. The summed E-state index contributed by atoms with van der Waals surface area (Å²) in [6.07, 6.45) is 2.90. The summed E-state index contributed by atoms with van der Waals surface area (Å²) in [5.74, 6) is -0.734. The van der Waals surface area contributed by atoms with Gasteiger partial charge in [-0.25, -0.2) is 4.79 Å². The van der Waals surface area contributed by atoms with Crippen molar-refractivity contribution in [2.75, 3.05) is 11.9 Å². The molecule has 3 heterocycles. The third-order valence-corrected chi connectivity index (χ3v) is 4.59. The molecule has 0 spiro atoms. The summed E-state index contributed by atoms with van der Waals surface area (Å²) in [6.45, 7) is 1.52. The quantitative estimate of drug-likeness (QED) is 0.602. The van der Waals surface area contributed by atoms with Crippen LogP contribution in [0.15, 0.2) is 51.7 Å². The molecule has 0 fully saturated rings. The summed E-state index contributed by atoms with van der Waals surface area (Å²) >= 11 is 1.06. The van der Waals surface area contributed by atoms with E-state index in [0.29, 0.717) is 21.2 Å². The molecule has 3 rings (SSSR count). The van der Waals surface area contributed by atoms with Gasteiger partial charge in [-0.2, -0.15) is 0 Å². The molecule has 0 radical (unpaired) electrons. The third kappa shape index (κ3) is 4.85. The van der Waals surface area contributed by atoms with Crippen LogP contribution in [0.1, 0.15) is 31.6 Å². The molecule has 0 aromatic carbocycles. The molecule has 0 unspecified atom stereocenters. The number of ether oxygens (including phenoxy) is 1. The van der Waals surface area contributed by atoms with Crippen molar-refractivity contribution < 1.29 is 28.0 Å². The van der Waals surface area contributed by atoms with Crippen LogP contribution in [0.5, 0.6) is 0 Å². The smallest absolute Gasteiger partial charge is 0.349 e. The number of hydrogen-bond acceptors (Lipinski definition) is 7. The van der Waals surface area contributed by atoms with Crippen molar-refractivity contribution in [2.45, 2.75) is 13.5 Å². The predicted octanol–water partition coefficient (Wildman–Crippen LogP) is 2.97. The average Bonchev–Trinajstić information content (AvgIpc) is 3.39. The van der Waals surface area contributed by atoms with Crippen LogP contribution in [0.25, 0.3) is 0 Å². The monoisotopic (exact) mass is 388 g/mol. The molecule has 0 atom stereocenters. The molecule has 8 nitrogen and oxygen atoms in total. The van der Waals surface area contributed by atoms with Crippen LogP contribution in [-0.4, -0.2) is 24.4 Å². The summed E-state index contributed by atoms with van der Waals surface area (Å²) in [7, 11) is 0. The first-order chi connectivity index (χ1) is 13.0. The number of amides is 2. The van der Waals surface area contributed by atoms with Gasteiger partial charge in [-0.05, 0) is 42.8 Å². The Morgan fingerprint density at radius 2 is 1.93 bits per heavy atom. The van der Waals surface area contributed by atoms with Crippen molar-refractivity contribution in [2.24, 2.45) is 0 Å². The summed E-state index contributed by atoms with van der Waals surface area (Å²) in [5, 5.41) is 5.70. The van der Waals surface area contributed by atoms with Gasteiger partial charge in [0.05, 0.1) is 24.1 Å². The van der Waals surface area contributed by atoms with E-state index in [9.17, 15) is 14.4 Å². The van der Waals surface area contributed by atoms with Gasteiger partial charge in [0.1, 0.15) is 10.6 Å². The van der Waals surface area contributed by atoms with Gasteiger partial charge in [-0.1, -0.05) is 0 Å². The van der Waals surface area contributed by atoms with E-state index in [1.165, 1.54) is 18.6 Å². The summed E-state index contributed by atoms with van der Waals surface area (Å²) < 4.78 is 15.1. The SMILES string of the molecule is Cc1cc(NC(=O)c2ccco2)sc1C(=O)OCC(=O)NCc1ccco1. The lowest BCUT2D eigenvalue weighted by molar-refractivity contribution is -0.124. The van der Waals surface area contributed by atoms with E-state index in [1.807, 2.05) is 0 Å². The molecule has 3 aromatic heterocycles. The maximum atomic E-state index is 12.2. The normalized spacial score (nSPS) is 10.4. The van der Waals surface area contributed by atoms with Crippen LogP contribution >= 0.6 is 11.3 Å². The zero-order chi connectivity index (χ0) is 19.2. The molecule has 2 N–H and O–H groups in total. The lowest BCUT2D eigenvalue weighted by Crippen LogP contribution is -2.28. The molecule has 0 aliphatic heterocycles. The first kappa shape index (κ1) is 18.5. The van der Waals surface area contributed by atoms with Gasteiger partial charge in [-0.15, -0.1) is 11.3 Å². The van der Waals surface area contributed by atoms with E-state index >= 15 is 0 Å². The Morgan fingerprint density at radius 3 is 2.63 bits per heavy atom. The Balaban J connectivity index is 1.51. The number of anilines is 1. The Hall–Kier alpha value is -3.33. The zero-order valence-electron chi connectivity index (χ0n) is 14.3. The molecular weight excluding hydrogens is 372 g/mol. The second-order valence-electron chi connectivity index (χ2n) is 5.49. The van der Waals surface area contributed by atoms with Gasteiger partial charge in [0.15, 0.2) is 12.4 Å². The van der Waals surface area contributed by atoms with Gasteiger partial charge in [0.25, 0.3) is 11.8 Å². The number of furan rings is 2. The Kier molecular flexibility index (Phi) is 5.72. The standard InChI is InChI=1S/C18H16N2O6S/c1-11-8-15(20-17(22)13-5-3-7-25-13)27-16(11)18(23)26-10-14(21)19-9-12-4-2-6-24-12/h2-8H,9-10H2,1H3,(H,19,21)(H,20,22). The minimum atomic E-state index is -0.635. The van der Waals surface area contributed by atoms with Crippen LogP contribution in [0.2, 0.25) is 0 Å². The minimum absolute atomic E-state index is 0.165.